The molecule has 3 heteroatoms. The van der Waals surface area contributed by atoms with Crippen molar-refractivity contribution in [2.24, 2.45) is 5.92 Å². The van der Waals surface area contributed by atoms with Gasteiger partial charge < -0.3 is 14.8 Å². The molecule has 0 aliphatic heterocycles. The topological polar surface area (TPSA) is 30.5 Å². The highest BCUT2D eigenvalue weighted by Crippen LogP contribution is 2.34. The first kappa shape index (κ1) is 17.9. The second-order valence-electron chi connectivity index (χ2n) is 7.71. The van der Waals surface area contributed by atoms with Gasteiger partial charge in [-0.3, -0.25) is 0 Å². The molecule has 0 spiro atoms. The molecular weight excluding hydrogens is 250 g/mol. The van der Waals surface area contributed by atoms with Gasteiger partial charge in [0.2, 0.25) is 0 Å². The number of rotatable bonds is 7. The van der Waals surface area contributed by atoms with Gasteiger partial charge in [0.25, 0.3) is 0 Å². The summed E-state index contributed by atoms with van der Waals surface area (Å²) < 4.78 is 12.0. The van der Waals surface area contributed by atoms with Gasteiger partial charge in [0.05, 0.1) is 24.4 Å². The molecule has 0 radical (unpaired) electrons. The van der Waals surface area contributed by atoms with Crippen molar-refractivity contribution in [2.75, 3.05) is 19.8 Å². The van der Waals surface area contributed by atoms with Crippen molar-refractivity contribution in [3.8, 4) is 0 Å². The van der Waals surface area contributed by atoms with Crippen molar-refractivity contribution in [3.63, 3.8) is 0 Å². The van der Waals surface area contributed by atoms with Crippen LogP contribution in [0.4, 0.5) is 0 Å². The van der Waals surface area contributed by atoms with E-state index in [9.17, 15) is 0 Å². The molecule has 0 atom stereocenters. The number of hydrogen-bond acceptors (Lipinski definition) is 3. The average Bonchev–Trinajstić information content (AvgIpc) is 2.34. The predicted octanol–water partition coefficient (Wildman–Crippen LogP) is 3.77. The molecule has 20 heavy (non-hydrogen) atoms. The Balaban J connectivity index is 2.42. The molecule has 0 aromatic carbocycles. The van der Waals surface area contributed by atoms with Gasteiger partial charge in [-0.2, -0.15) is 0 Å². The van der Waals surface area contributed by atoms with Crippen LogP contribution in [0.15, 0.2) is 0 Å². The van der Waals surface area contributed by atoms with E-state index in [0.29, 0.717) is 19.3 Å². The van der Waals surface area contributed by atoms with Gasteiger partial charge >= 0.3 is 0 Å². The van der Waals surface area contributed by atoms with E-state index in [1.807, 2.05) is 0 Å². The molecule has 120 valence electrons. The zero-order valence-corrected chi connectivity index (χ0v) is 14.4. The van der Waals surface area contributed by atoms with Crippen LogP contribution in [0.25, 0.3) is 0 Å². The van der Waals surface area contributed by atoms with E-state index < -0.39 is 0 Å². The number of nitrogens with one attached hydrogen (secondary N) is 1. The third-order valence-electron chi connectivity index (χ3n) is 4.04. The molecule has 0 saturated heterocycles. The fourth-order valence-corrected chi connectivity index (χ4v) is 2.66. The highest BCUT2D eigenvalue weighted by molar-refractivity contribution is 4.89. The number of ether oxygens (including phenoxy) is 2. The SMILES string of the molecule is CC1CCC(CNC(C)C)(OCCOC(C)(C)C)CC1. The Hall–Kier alpha value is -0.120. The van der Waals surface area contributed by atoms with Crippen LogP contribution < -0.4 is 5.32 Å². The van der Waals surface area contributed by atoms with Crippen molar-refractivity contribution >= 4 is 0 Å². The Morgan fingerprint density at radius 3 is 2.25 bits per heavy atom. The van der Waals surface area contributed by atoms with E-state index in [0.717, 1.165) is 12.5 Å². The second kappa shape index (κ2) is 7.77. The van der Waals surface area contributed by atoms with E-state index in [1.165, 1.54) is 25.7 Å². The van der Waals surface area contributed by atoms with Gasteiger partial charge in [0.15, 0.2) is 0 Å². The zero-order chi connectivity index (χ0) is 15.2. The van der Waals surface area contributed by atoms with Gasteiger partial charge in [-0.1, -0.05) is 20.8 Å². The number of hydrogen-bond donors (Lipinski definition) is 1. The van der Waals surface area contributed by atoms with Crippen LogP contribution in [0.1, 0.15) is 67.2 Å². The monoisotopic (exact) mass is 285 g/mol. The fourth-order valence-electron chi connectivity index (χ4n) is 2.66. The van der Waals surface area contributed by atoms with Gasteiger partial charge in [-0.15, -0.1) is 0 Å². The standard InChI is InChI=1S/C17H35NO2/c1-14(2)18-13-17(9-7-15(3)8-10-17)20-12-11-19-16(4,5)6/h14-15,18H,7-13H2,1-6H3. The summed E-state index contributed by atoms with van der Waals surface area (Å²) in [6, 6.07) is 0.514. The molecule has 0 aromatic rings. The summed E-state index contributed by atoms with van der Waals surface area (Å²) in [5.74, 6) is 0.844. The van der Waals surface area contributed by atoms with E-state index in [-0.39, 0.29) is 11.2 Å². The van der Waals surface area contributed by atoms with Crippen LogP contribution in [-0.4, -0.2) is 37.0 Å². The lowest BCUT2D eigenvalue weighted by Gasteiger charge is -2.40. The smallest absolute Gasteiger partial charge is 0.0807 e. The average molecular weight is 285 g/mol. The van der Waals surface area contributed by atoms with E-state index in [2.05, 4.69) is 46.9 Å². The molecule has 1 fully saturated rings. The molecule has 0 heterocycles. The highest BCUT2D eigenvalue weighted by atomic mass is 16.5. The molecular formula is C17H35NO2. The third-order valence-corrected chi connectivity index (χ3v) is 4.04. The summed E-state index contributed by atoms with van der Waals surface area (Å²) in [7, 11) is 0. The van der Waals surface area contributed by atoms with E-state index in [4.69, 9.17) is 9.47 Å². The Morgan fingerprint density at radius 1 is 1.15 bits per heavy atom. The predicted molar refractivity (Wildman–Crippen MR) is 85.2 cm³/mol. The molecule has 1 aliphatic carbocycles. The van der Waals surface area contributed by atoms with Gasteiger partial charge in [-0.05, 0) is 52.4 Å². The maximum atomic E-state index is 6.28. The molecule has 1 rings (SSSR count). The summed E-state index contributed by atoms with van der Waals surface area (Å²) in [6.45, 7) is 15.4. The van der Waals surface area contributed by atoms with Crippen LogP contribution in [0.3, 0.4) is 0 Å². The van der Waals surface area contributed by atoms with Crippen LogP contribution in [-0.2, 0) is 9.47 Å². The second-order valence-corrected chi connectivity index (χ2v) is 7.71. The Bertz CT molecular complexity index is 263. The van der Waals surface area contributed by atoms with Crippen molar-refractivity contribution in [3.05, 3.63) is 0 Å². The first-order valence-corrected chi connectivity index (χ1v) is 8.24. The largest absolute Gasteiger partial charge is 0.373 e. The van der Waals surface area contributed by atoms with Crippen molar-refractivity contribution in [1.29, 1.82) is 0 Å². The normalized spacial score (nSPS) is 28.1. The highest BCUT2D eigenvalue weighted by Gasteiger charge is 2.35. The van der Waals surface area contributed by atoms with Crippen molar-refractivity contribution in [2.45, 2.75) is 84.5 Å². The lowest BCUT2D eigenvalue weighted by molar-refractivity contribution is -0.110. The Labute approximate surface area is 125 Å². The molecule has 1 saturated carbocycles. The summed E-state index contributed by atoms with van der Waals surface area (Å²) in [5, 5.41) is 3.56. The summed E-state index contributed by atoms with van der Waals surface area (Å²) >= 11 is 0. The van der Waals surface area contributed by atoms with Crippen LogP contribution in [0.5, 0.6) is 0 Å². The van der Waals surface area contributed by atoms with Gasteiger partial charge in [0, 0.05) is 12.6 Å². The minimum atomic E-state index is -0.0756. The van der Waals surface area contributed by atoms with Crippen LogP contribution >= 0.6 is 0 Å². The van der Waals surface area contributed by atoms with Crippen molar-refractivity contribution < 1.29 is 9.47 Å². The van der Waals surface area contributed by atoms with E-state index in [1.54, 1.807) is 0 Å². The maximum absolute atomic E-state index is 6.28. The van der Waals surface area contributed by atoms with Crippen molar-refractivity contribution in [1.82, 2.24) is 5.32 Å². The maximum Gasteiger partial charge on any atom is 0.0807 e. The first-order valence-electron chi connectivity index (χ1n) is 8.24. The van der Waals surface area contributed by atoms with E-state index >= 15 is 0 Å². The lowest BCUT2D eigenvalue weighted by Crippen LogP contribution is -2.48. The quantitative estimate of drug-likeness (QED) is 0.722. The molecule has 3 nitrogen and oxygen atoms in total. The Kier molecular flexibility index (Phi) is 6.96. The zero-order valence-electron chi connectivity index (χ0n) is 14.4. The van der Waals surface area contributed by atoms with Gasteiger partial charge in [0.1, 0.15) is 0 Å². The summed E-state index contributed by atoms with van der Waals surface area (Å²) in [4.78, 5) is 0. The lowest BCUT2D eigenvalue weighted by atomic mass is 9.79. The van der Waals surface area contributed by atoms with Crippen LogP contribution in [0, 0.1) is 5.92 Å². The third kappa shape index (κ3) is 7.05. The Morgan fingerprint density at radius 2 is 1.75 bits per heavy atom. The molecule has 0 aromatic heterocycles. The van der Waals surface area contributed by atoms with Gasteiger partial charge in [-0.25, -0.2) is 0 Å². The summed E-state index contributed by atoms with van der Waals surface area (Å²) in [6.07, 6.45) is 4.90. The summed E-state index contributed by atoms with van der Waals surface area (Å²) in [5.41, 5.74) is -0.0498. The van der Waals surface area contributed by atoms with Crippen LogP contribution in [0.2, 0.25) is 0 Å². The first-order chi connectivity index (χ1) is 9.22. The molecule has 1 aliphatic rings. The minimum Gasteiger partial charge on any atom is -0.373 e. The molecule has 0 bridgehead atoms. The molecule has 1 N–H and O–H groups in total. The molecule has 0 unspecified atom stereocenters. The molecule has 0 amide bonds. The minimum absolute atomic E-state index is 0.0258. The fraction of sp³-hybridized carbons (Fsp3) is 1.00.